The highest BCUT2D eigenvalue weighted by Crippen LogP contribution is 2.23. The minimum Gasteiger partial charge on any atom is -0.457 e. The molecule has 2 heterocycles. The van der Waals surface area contributed by atoms with E-state index in [1.165, 1.54) is 4.31 Å². The molecule has 0 fully saturated rings. The number of rotatable bonds is 10. The normalized spacial score (nSPS) is 11.9. The maximum Gasteiger partial charge on any atom is 0.306 e. The molecule has 0 saturated carbocycles. The molecule has 0 radical (unpaired) electrons. The van der Waals surface area contributed by atoms with Crippen LogP contribution in [0.5, 0.6) is 0 Å². The second-order valence-electron chi connectivity index (χ2n) is 7.01. The van der Waals surface area contributed by atoms with Crippen LogP contribution < -0.4 is 0 Å². The van der Waals surface area contributed by atoms with Gasteiger partial charge in [0.15, 0.2) is 6.61 Å². The minimum atomic E-state index is -3.59. The van der Waals surface area contributed by atoms with Gasteiger partial charge in [-0.25, -0.2) is 13.4 Å². The molecule has 8 nitrogen and oxygen atoms in total. The Labute approximate surface area is 195 Å². The summed E-state index contributed by atoms with van der Waals surface area (Å²) in [5.74, 6) is -0.205. The van der Waals surface area contributed by atoms with Gasteiger partial charge in [0.25, 0.3) is 0 Å². The van der Waals surface area contributed by atoms with Gasteiger partial charge < -0.3 is 9.30 Å². The summed E-state index contributed by atoms with van der Waals surface area (Å²) < 4.78 is 34.3. The number of carbonyl (C=O) groups excluding carboxylic acids is 2. The number of fused-ring (bicyclic) bond motifs is 1. The minimum absolute atomic E-state index is 0.0419. The van der Waals surface area contributed by atoms with Crippen LogP contribution in [0.15, 0.2) is 35.2 Å². The molecule has 32 heavy (non-hydrogen) atoms. The van der Waals surface area contributed by atoms with Crippen LogP contribution >= 0.6 is 22.9 Å². The molecule has 11 heteroatoms. The molecule has 0 aliphatic heterocycles. The standard InChI is InChI=1S/C21H24ClN3O5S2/c1-4-25(5-2)32(28,29)14-6-7-16-15(12-14)23-20(24(16)3)10-11-21(27)30-13-17(26)18-8-9-19(22)31-18/h6-9,12H,4-5,10-11,13H2,1-3H3. The van der Waals surface area contributed by atoms with E-state index in [9.17, 15) is 18.0 Å². The molecule has 0 bridgehead atoms. The number of aryl methyl sites for hydroxylation is 2. The van der Waals surface area contributed by atoms with Crippen molar-refractivity contribution in [1.82, 2.24) is 13.9 Å². The summed E-state index contributed by atoms with van der Waals surface area (Å²) in [6.45, 7) is 4.01. The third kappa shape index (κ3) is 5.20. The van der Waals surface area contributed by atoms with Crippen molar-refractivity contribution in [2.45, 2.75) is 31.6 Å². The number of halogens is 1. The molecule has 2 aromatic heterocycles. The molecule has 0 N–H and O–H groups in total. The zero-order valence-electron chi connectivity index (χ0n) is 18.0. The van der Waals surface area contributed by atoms with Crippen LogP contribution in [0, 0.1) is 0 Å². The molecule has 0 saturated heterocycles. The molecule has 0 unspecified atom stereocenters. The lowest BCUT2D eigenvalue weighted by Crippen LogP contribution is -2.30. The van der Waals surface area contributed by atoms with Crippen LogP contribution in [0.3, 0.4) is 0 Å². The largest absolute Gasteiger partial charge is 0.457 e. The Bertz CT molecular complexity index is 1250. The third-order valence-electron chi connectivity index (χ3n) is 5.05. The second-order valence-corrected chi connectivity index (χ2v) is 10.7. The summed E-state index contributed by atoms with van der Waals surface area (Å²) >= 11 is 6.95. The van der Waals surface area contributed by atoms with E-state index in [1.54, 1.807) is 51.2 Å². The predicted octanol–water partition coefficient (Wildman–Crippen LogP) is 3.68. The van der Waals surface area contributed by atoms with Crippen molar-refractivity contribution < 1.29 is 22.7 Å². The molecule has 3 aromatic rings. The topological polar surface area (TPSA) is 98.6 Å². The first-order valence-corrected chi connectivity index (χ1v) is 12.7. The number of ketones is 1. The quantitative estimate of drug-likeness (QED) is 0.313. The lowest BCUT2D eigenvalue weighted by atomic mass is 10.3. The van der Waals surface area contributed by atoms with Gasteiger partial charge in [0.2, 0.25) is 15.8 Å². The lowest BCUT2D eigenvalue weighted by Gasteiger charge is -2.18. The summed E-state index contributed by atoms with van der Waals surface area (Å²) in [5.41, 5.74) is 1.30. The van der Waals surface area contributed by atoms with E-state index in [1.807, 2.05) is 4.57 Å². The molecule has 0 spiro atoms. The van der Waals surface area contributed by atoms with Crippen LogP contribution in [0.25, 0.3) is 11.0 Å². The van der Waals surface area contributed by atoms with Gasteiger partial charge in [-0.3, -0.25) is 9.59 Å². The van der Waals surface area contributed by atoms with Gasteiger partial charge in [0, 0.05) is 26.6 Å². The van der Waals surface area contributed by atoms with Crippen molar-refractivity contribution in [3.8, 4) is 0 Å². The Kier molecular flexibility index (Phi) is 7.71. The fraction of sp³-hybridized carbons (Fsp3) is 0.381. The highest BCUT2D eigenvalue weighted by molar-refractivity contribution is 7.89. The first-order chi connectivity index (χ1) is 15.2. The zero-order chi connectivity index (χ0) is 23.5. The van der Waals surface area contributed by atoms with Crippen LogP contribution in [0.2, 0.25) is 4.34 Å². The number of aromatic nitrogens is 2. The highest BCUT2D eigenvalue weighted by atomic mass is 35.5. The molecule has 1 aromatic carbocycles. The summed E-state index contributed by atoms with van der Waals surface area (Å²) in [7, 11) is -1.78. The maximum atomic E-state index is 12.8. The Morgan fingerprint density at radius 1 is 1.19 bits per heavy atom. The van der Waals surface area contributed by atoms with Crippen LogP contribution in [0.1, 0.15) is 35.8 Å². The third-order valence-corrected chi connectivity index (χ3v) is 8.37. The molecule has 0 amide bonds. The number of Topliss-reactive ketones (excluding diaryl/α,β-unsaturated/α-hetero) is 1. The first-order valence-electron chi connectivity index (χ1n) is 10.1. The number of sulfonamides is 1. The second kappa shape index (κ2) is 10.1. The predicted molar refractivity (Wildman–Crippen MR) is 124 cm³/mol. The van der Waals surface area contributed by atoms with Gasteiger partial charge in [-0.1, -0.05) is 25.4 Å². The van der Waals surface area contributed by atoms with Gasteiger partial charge in [-0.15, -0.1) is 11.3 Å². The fourth-order valence-electron chi connectivity index (χ4n) is 3.29. The Morgan fingerprint density at radius 3 is 2.53 bits per heavy atom. The molecule has 0 aliphatic carbocycles. The smallest absolute Gasteiger partial charge is 0.306 e. The molecule has 0 atom stereocenters. The number of benzene rings is 1. The van der Waals surface area contributed by atoms with E-state index in [2.05, 4.69) is 4.98 Å². The average molecular weight is 498 g/mol. The summed E-state index contributed by atoms with van der Waals surface area (Å²) in [5, 5.41) is 0. The lowest BCUT2D eigenvalue weighted by molar-refractivity contribution is -0.142. The van der Waals surface area contributed by atoms with Gasteiger partial charge in [-0.2, -0.15) is 4.31 Å². The monoisotopic (exact) mass is 497 g/mol. The van der Waals surface area contributed by atoms with Crippen molar-refractivity contribution in [1.29, 1.82) is 0 Å². The molecular weight excluding hydrogens is 474 g/mol. The number of hydrogen-bond acceptors (Lipinski definition) is 7. The van der Waals surface area contributed by atoms with Gasteiger partial charge in [0.1, 0.15) is 5.82 Å². The Hall–Kier alpha value is -2.27. The number of esters is 1. The molecule has 172 valence electrons. The number of thiophene rings is 1. The van der Waals surface area contributed by atoms with E-state index < -0.39 is 16.0 Å². The zero-order valence-corrected chi connectivity index (χ0v) is 20.4. The number of ether oxygens (including phenoxy) is 1. The van der Waals surface area contributed by atoms with E-state index in [0.717, 1.165) is 16.9 Å². The van der Waals surface area contributed by atoms with Crippen molar-refractivity contribution >= 4 is 55.7 Å². The Morgan fingerprint density at radius 2 is 1.91 bits per heavy atom. The number of nitrogens with zero attached hydrogens (tertiary/aromatic N) is 3. The number of hydrogen-bond donors (Lipinski definition) is 0. The number of carbonyl (C=O) groups is 2. The molecular formula is C21H24ClN3O5S2. The van der Waals surface area contributed by atoms with Gasteiger partial charge in [0.05, 0.1) is 31.6 Å². The van der Waals surface area contributed by atoms with E-state index in [-0.39, 0.29) is 23.7 Å². The van der Waals surface area contributed by atoms with Crippen molar-refractivity contribution in [3.63, 3.8) is 0 Å². The molecule has 0 aliphatic rings. The average Bonchev–Trinajstić information content (AvgIpc) is 3.34. The van der Waals surface area contributed by atoms with E-state index in [0.29, 0.717) is 40.1 Å². The summed E-state index contributed by atoms with van der Waals surface area (Å²) in [4.78, 5) is 29.2. The van der Waals surface area contributed by atoms with Crippen molar-refractivity contribution in [2.24, 2.45) is 7.05 Å². The van der Waals surface area contributed by atoms with Gasteiger partial charge >= 0.3 is 5.97 Å². The maximum absolute atomic E-state index is 12.8. The van der Waals surface area contributed by atoms with Crippen LogP contribution in [0.4, 0.5) is 0 Å². The number of imidazole rings is 1. The van der Waals surface area contributed by atoms with E-state index in [4.69, 9.17) is 16.3 Å². The van der Waals surface area contributed by atoms with Crippen LogP contribution in [-0.4, -0.2) is 53.7 Å². The van der Waals surface area contributed by atoms with Crippen molar-refractivity contribution in [2.75, 3.05) is 19.7 Å². The SMILES string of the molecule is CCN(CC)S(=O)(=O)c1ccc2c(c1)nc(CCC(=O)OCC(=O)c1ccc(Cl)s1)n2C. The van der Waals surface area contributed by atoms with E-state index >= 15 is 0 Å². The molecule has 3 rings (SSSR count). The fourth-order valence-corrected chi connectivity index (χ4v) is 5.74. The summed E-state index contributed by atoms with van der Waals surface area (Å²) in [6, 6.07) is 8.04. The van der Waals surface area contributed by atoms with Crippen molar-refractivity contribution in [3.05, 3.63) is 45.4 Å². The van der Waals surface area contributed by atoms with Gasteiger partial charge in [-0.05, 0) is 30.3 Å². The first kappa shape index (κ1) is 24.4. The highest BCUT2D eigenvalue weighted by Gasteiger charge is 2.23. The Balaban J connectivity index is 1.66. The summed E-state index contributed by atoms with van der Waals surface area (Å²) in [6.07, 6.45) is 0.335. The van der Waals surface area contributed by atoms with Crippen LogP contribution in [-0.2, 0) is 33.0 Å².